The second-order valence-corrected chi connectivity index (χ2v) is 7.18. The third-order valence-corrected chi connectivity index (χ3v) is 5.08. The average molecular weight is 380 g/mol. The van der Waals surface area contributed by atoms with Crippen molar-refractivity contribution >= 4 is 27.3 Å². The standard InChI is InChI=1S/C15H14ClN5O3S/c1-10-17-19-20-21(10)12-5-3-4-11(8-12)18-25(22,23)13-6-7-15(24-2)14(16)9-13/h3-9,18H,1-2H3. The summed E-state index contributed by atoms with van der Waals surface area (Å²) in [7, 11) is -2.35. The van der Waals surface area contributed by atoms with Gasteiger partial charge in [-0.25, -0.2) is 8.42 Å². The van der Waals surface area contributed by atoms with E-state index in [-0.39, 0.29) is 9.92 Å². The molecule has 1 aromatic heterocycles. The van der Waals surface area contributed by atoms with Gasteiger partial charge >= 0.3 is 0 Å². The topological polar surface area (TPSA) is 99.0 Å². The van der Waals surface area contributed by atoms with Crippen LogP contribution >= 0.6 is 11.6 Å². The van der Waals surface area contributed by atoms with Crippen LogP contribution in [0.3, 0.4) is 0 Å². The van der Waals surface area contributed by atoms with Crippen LogP contribution in [0.1, 0.15) is 5.82 Å². The summed E-state index contributed by atoms with van der Waals surface area (Å²) in [5, 5.41) is 11.5. The lowest BCUT2D eigenvalue weighted by molar-refractivity contribution is 0.414. The van der Waals surface area contributed by atoms with E-state index in [1.165, 1.54) is 30.0 Å². The number of hydrogen-bond donors (Lipinski definition) is 1. The van der Waals surface area contributed by atoms with Gasteiger partial charge in [-0.05, 0) is 53.7 Å². The molecule has 0 unspecified atom stereocenters. The molecule has 0 radical (unpaired) electrons. The molecule has 0 fully saturated rings. The van der Waals surface area contributed by atoms with Crippen LogP contribution in [0, 0.1) is 6.92 Å². The van der Waals surface area contributed by atoms with E-state index in [0.29, 0.717) is 22.9 Å². The summed E-state index contributed by atoms with van der Waals surface area (Å²) >= 11 is 6.01. The number of methoxy groups -OCH3 is 1. The number of sulfonamides is 1. The number of benzene rings is 2. The van der Waals surface area contributed by atoms with E-state index in [9.17, 15) is 8.42 Å². The monoisotopic (exact) mass is 379 g/mol. The molecule has 0 aliphatic carbocycles. The summed E-state index contributed by atoms with van der Waals surface area (Å²) in [6.45, 7) is 1.75. The summed E-state index contributed by atoms with van der Waals surface area (Å²) in [5.41, 5.74) is 1.01. The van der Waals surface area contributed by atoms with Crippen molar-refractivity contribution in [2.75, 3.05) is 11.8 Å². The fourth-order valence-corrected chi connectivity index (χ4v) is 3.60. The molecule has 0 amide bonds. The first kappa shape index (κ1) is 17.2. The zero-order valence-electron chi connectivity index (χ0n) is 13.3. The smallest absolute Gasteiger partial charge is 0.261 e. The zero-order valence-corrected chi connectivity index (χ0v) is 14.9. The van der Waals surface area contributed by atoms with Crippen LogP contribution < -0.4 is 9.46 Å². The molecule has 0 aliphatic heterocycles. The largest absolute Gasteiger partial charge is 0.495 e. The van der Waals surface area contributed by atoms with Crippen LogP contribution in [-0.2, 0) is 10.0 Å². The van der Waals surface area contributed by atoms with Crippen molar-refractivity contribution in [1.82, 2.24) is 20.2 Å². The first-order chi connectivity index (χ1) is 11.9. The number of anilines is 1. The number of nitrogens with zero attached hydrogens (tertiary/aromatic N) is 4. The van der Waals surface area contributed by atoms with Crippen LogP contribution in [0.4, 0.5) is 5.69 Å². The number of rotatable bonds is 5. The summed E-state index contributed by atoms with van der Waals surface area (Å²) in [5.74, 6) is 0.985. The SMILES string of the molecule is COc1ccc(S(=O)(=O)Nc2cccc(-n3nnnc3C)c2)cc1Cl. The Morgan fingerprint density at radius 2 is 2.00 bits per heavy atom. The molecule has 25 heavy (non-hydrogen) atoms. The quantitative estimate of drug-likeness (QED) is 0.730. The highest BCUT2D eigenvalue weighted by molar-refractivity contribution is 7.92. The number of aryl methyl sites for hydroxylation is 1. The highest BCUT2D eigenvalue weighted by Crippen LogP contribution is 2.28. The molecule has 0 spiro atoms. The molecule has 0 bridgehead atoms. The third-order valence-electron chi connectivity index (χ3n) is 3.40. The highest BCUT2D eigenvalue weighted by atomic mass is 35.5. The van der Waals surface area contributed by atoms with Gasteiger partial charge < -0.3 is 4.74 Å². The van der Waals surface area contributed by atoms with Crippen LogP contribution in [0.2, 0.25) is 5.02 Å². The maximum atomic E-state index is 12.6. The van der Waals surface area contributed by atoms with Crippen molar-refractivity contribution in [2.45, 2.75) is 11.8 Å². The molecule has 0 atom stereocenters. The molecule has 3 rings (SSSR count). The molecule has 0 saturated heterocycles. The molecule has 3 aromatic rings. The van der Waals surface area contributed by atoms with Gasteiger partial charge in [0.15, 0.2) is 5.82 Å². The van der Waals surface area contributed by atoms with E-state index in [0.717, 1.165) is 0 Å². The Hall–Kier alpha value is -2.65. The van der Waals surface area contributed by atoms with Crippen molar-refractivity contribution in [2.24, 2.45) is 0 Å². The summed E-state index contributed by atoms with van der Waals surface area (Å²) in [6.07, 6.45) is 0. The Morgan fingerprint density at radius 3 is 2.64 bits per heavy atom. The lowest BCUT2D eigenvalue weighted by Crippen LogP contribution is -2.13. The highest BCUT2D eigenvalue weighted by Gasteiger charge is 2.17. The van der Waals surface area contributed by atoms with Gasteiger partial charge in [0.2, 0.25) is 0 Å². The van der Waals surface area contributed by atoms with E-state index in [1.807, 2.05) is 0 Å². The number of tetrazole rings is 1. The molecular weight excluding hydrogens is 366 g/mol. The van der Waals surface area contributed by atoms with E-state index in [2.05, 4.69) is 20.2 Å². The zero-order chi connectivity index (χ0) is 18.0. The molecule has 8 nitrogen and oxygen atoms in total. The lowest BCUT2D eigenvalue weighted by atomic mass is 10.3. The average Bonchev–Trinajstić information content (AvgIpc) is 3.00. The van der Waals surface area contributed by atoms with Gasteiger partial charge in [-0.2, -0.15) is 4.68 Å². The van der Waals surface area contributed by atoms with Crippen LogP contribution in [-0.4, -0.2) is 35.7 Å². The van der Waals surface area contributed by atoms with E-state index in [4.69, 9.17) is 16.3 Å². The van der Waals surface area contributed by atoms with E-state index < -0.39 is 10.0 Å². The lowest BCUT2D eigenvalue weighted by Gasteiger charge is -2.11. The van der Waals surface area contributed by atoms with Crippen LogP contribution in [0.15, 0.2) is 47.4 Å². The number of aromatic nitrogens is 4. The molecule has 0 aliphatic rings. The van der Waals surface area contributed by atoms with Crippen molar-refractivity contribution in [1.29, 1.82) is 0 Å². The van der Waals surface area contributed by atoms with Gasteiger partial charge in [-0.1, -0.05) is 17.7 Å². The van der Waals surface area contributed by atoms with Crippen molar-refractivity contribution < 1.29 is 13.2 Å². The third kappa shape index (κ3) is 3.57. The molecule has 130 valence electrons. The number of ether oxygens (including phenoxy) is 1. The first-order valence-corrected chi connectivity index (χ1v) is 8.98. The van der Waals surface area contributed by atoms with Gasteiger partial charge in [0, 0.05) is 0 Å². The predicted molar refractivity (Wildman–Crippen MR) is 92.7 cm³/mol. The fraction of sp³-hybridized carbons (Fsp3) is 0.133. The van der Waals surface area contributed by atoms with Gasteiger partial charge in [-0.15, -0.1) is 5.10 Å². The fourth-order valence-electron chi connectivity index (χ4n) is 2.20. The Balaban J connectivity index is 1.91. The van der Waals surface area contributed by atoms with E-state index in [1.54, 1.807) is 31.2 Å². The Kier molecular flexibility index (Phi) is 4.60. The number of nitrogens with one attached hydrogen (secondary N) is 1. The number of hydrogen-bond acceptors (Lipinski definition) is 6. The van der Waals surface area contributed by atoms with Crippen LogP contribution in [0.5, 0.6) is 5.75 Å². The minimum absolute atomic E-state index is 0.0299. The Labute approximate surface area is 149 Å². The number of halogens is 1. The van der Waals surface area contributed by atoms with Crippen molar-refractivity contribution in [3.63, 3.8) is 0 Å². The van der Waals surface area contributed by atoms with Gasteiger partial charge in [0.05, 0.1) is 28.4 Å². The van der Waals surface area contributed by atoms with Gasteiger partial charge in [-0.3, -0.25) is 4.72 Å². The van der Waals surface area contributed by atoms with Crippen molar-refractivity contribution in [3.8, 4) is 11.4 Å². The Morgan fingerprint density at radius 1 is 1.20 bits per heavy atom. The second kappa shape index (κ2) is 6.69. The molecule has 10 heteroatoms. The van der Waals surface area contributed by atoms with E-state index >= 15 is 0 Å². The molecule has 2 aromatic carbocycles. The minimum Gasteiger partial charge on any atom is -0.495 e. The predicted octanol–water partition coefficient (Wildman–Crippen LogP) is 2.43. The molecular formula is C15H14ClN5O3S. The maximum absolute atomic E-state index is 12.6. The van der Waals surface area contributed by atoms with Gasteiger partial charge in [0.25, 0.3) is 10.0 Å². The summed E-state index contributed by atoms with van der Waals surface area (Å²) < 4.78 is 34.2. The second-order valence-electron chi connectivity index (χ2n) is 5.09. The van der Waals surface area contributed by atoms with Gasteiger partial charge in [0.1, 0.15) is 5.75 Å². The van der Waals surface area contributed by atoms with Crippen LogP contribution in [0.25, 0.3) is 5.69 Å². The maximum Gasteiger partial charge on any atom is 0.261 e. The first-order valence-electron chi connectivity index (χ1n) is 7.12. The van der Waals surface area contributed by atoms with Crippen molar-refractivity contribution in [3.05, 3.63) is 53.3 Å². The molecule has 1 N–H and O–H groups in total. The minimum atomic E-state index is -3.81. The molecule has 1 heterocycles. The normalized spacial score (nSPS) is 11.3. The molecule has 0 saturated carbocycles. The Bertz CT molecular complexity index is 1020. The summed E-state index contributed by atoms with van der Waals surface area (Å²) in [6, 6.07) is 11.0. The summed E-state index contributed by atoms with van der Waals surface area (Å²) in [4.78, 5) is 0.0299.